The van der Waals surface area contributed by atoms with Crippen LogP contribution >= 0.6 is 0 Å². The van der Waals surface area contributed by atoms with E-state index in [1.54, 1.807) is 0 Å². The molecule has 0 aliphatic carbocycles. The molecule has 1 aromatic rings. The molecule has 0 spiro atoms. The number of ether oxygens (including phenoxy) is 1. The van der Waals surface area contributed by atoms with Crippen molar-refractivity contribution in [2.45, 2.75) is 59.5 Å². The van der Waals surface area contributed by atoms with Crippen molar-refractivity contribution in [1.82, 2.24) is 0 Å². The van der Waals surface area contributed by atoms with Gasteiger partial charge in [0.25, 0.3) is 0 Å². The van der Waals surface area contributed by atoms with Gasteiger partial charge in [-0.2, -0.15) is 0 Å². The Morgan fingerprint density at radius 3 is 2.00 bits per heavy atom. The van der Waals surface area contributed by atoms with Gasteiger partial charge in [-0.25, -0.2) is 0 Å². The standard InChI is InChI=1S/C16H26O/c1-7-16(5,6)17-15-10-8-14(9-11-15)13(4)12(2)3/h8-13H,7H2,1-6H3. The van der Waals surface area contributed by atoms with Crippen LogP contribution in [0.1, 0.15) is 59.4 Å². The summed E-state index contributed by atoms with van der Waals surface area (Å²) in [6, 6.07) is 8.55. The highest BCUT2D eigenvalue weighted by molar-refractivity contribution is 5.29. The SMILES string of the molecule is CCC(C)(C)Oc1ccc(C(C)C(C)C)cc1. The van der Waals surface area contributed by atoms with Crippen LogP contribution < -0.4 is 4.74 Å². The molecule has 0 saturated heterocycles. The highest BCUT2D eigenvalue weighted by Gasteiger charge is 2.17. The summed E-state index contributed by atoms with van der Waals surface area (Å²) in [6.07, 6.45) is 1.01. The second-order valence-electron chi connectivity index (χ2n) is 5.82. The third kappa shape index (κ3) is 4.07. The molecular weight excluding hydrogens is 208 g/mol. The Bertz CT molecular complexity index is 335. The lowest BCUT2D eigenvalue weighted by atomic mass is 9.90. The van der Waals surface area contributed by atoms with Gasteiger partial charge in [0.2, 0.25) is 0 Å². The molecule has 1 atom stereocenters. The maximum absolute atomic E-state index is 5.95. The zero-order chi connectivity index (χ0) is 13.1. The van der Waals surface area contributed by atoms with E-state index >= 15 is 0 Å². The Labute approximate surface area is 106 Å². The van der Waals surface area contributed by atoms with Gasteiger partial charge in [0.05, 0.1) is 0 Å². The summed E-state index contributed by atoms with van der Waals surface area (Å²) in [5, 5.41) is 0. The minimum atomic E-state index is -0.0782. The molecule has 1 heteroatoms. The fraction of sp³-hybridized carbons (Fsp3) is 0.625. The fourth-order valence-electron chi connectivity index (χ4n) is 1.62. The predicted molar refractivity (Wildman–Crippen MR) is 74.7 cm³/mol. The van der Waals surface area contributed by atoms with Crippen LogP contribution in [0.3, 0.4) is 0 Å². The molecule has 0 fully saturated rings. The first-order chi connectivity index (χ1) is 7.85. The van der Waals surface area contributed by atoms with E-state index in [4.69, 9.17) is 4.74 Å². The Balaban J connectivity index is 2.75. The van der Waals surface area contributed by atoms with E-state index in [9.17, 15) is 0 Å². The van der Waals surface area contributed by atoms with Crippen molar-refractivity contribution in [2.75, 3.05) is 0 Å². The summed E-state index contributed by atoms with van der Waals surface area (Å²) < 4.78 is 5.95. The second kappa shape index (κ2) is 5.57. The maximum Gasteiger partial charge on any atom is 0.120 e. The van der Waals surface area contributed by atoms with Crippen LogP contribution in [-0.2, 0) is 0 Å². The molecule has 0 radical (unpaired) electrons. The average molecular weight is 234 g/mol. The summed E-state index contributed by atoms with van der Waals surface area (Å²) in [5.74, 6) is 2.24. The Morgan fingerprint density at radius 1 is 1.06 bits per heavy atom. The molecule has 96 valence electrons. The molecule has 1 unspecified atom stereocenters. The monoisotopic (exact) mass is 234 g/mol. The normalized spacial score (nSPS) is 13.8. The van der Waals surface area contributed by atoms with Crippen LogP contribution in [0.4, 0.5) is 0 Å². The van der Waals surface area contributed by atoms with Crippen molar-refractivity contribution < 1.29 is 4.74 Å². The van der Waals surface area contributed by atoms with Gasteiger partial charge in [-0.05, 0) is 49.8 Å². The van der Waals surface area contributed by atoms with Crippen molar-refractivity contribution in [3.8, 4) is 5.75 Å². The summed E-state index contributed by atoms with van der Waals surface area (Å²) in [6.45, 7) is 13.2. The van der Waals surface area contributed by atoms with E-state index in [-0.39, 0.29) is 5.60 Å². The molecule has 0 amide bonds. The molecule has 1 aromatic carbocycles. The van der Waals surface area contributed by atoms with Crippen molar-refractivity contribution in [3.05, 3.63) is 29.8 Å². The second-order valence-corrected chi connectivity index (χ2v) is 5.82. The molecule has 1 nitrogen and oxygen atoms in total. The molecule has 17 heavy (non-hydrogen) atoms. The summed E-state index contributed by atoms with van der Waals surface area (Å²) in [4.78, 5) is 0. The summed E-state index contributed by atoms with van der Waals surface area (Å²) >= 11 is 0. The third-order valence-electron chi connectivity index (χ3n) is 3.65. The number of benzene rings is 1. The molecule has 0 aromatic heterocycles. The predicted octanol–water partition coefficient (Wildman–Crippen LogP) is 5.01. The van der Waals surface area contributed by atoms with Gasteiger partial charge in [-0.15, -0.1) is 0 Å². The maximum atomic E-state index is 5.95. The number of hydrogen-bond acceptors (Lipinski definition) is 1. The minimum absolute atomic E-state index is 0.0782. The van der Waals surface area contributed by atoms with Crippen LogP contribution in [-0.4, -0.2) is 5.60 Å². The Kier molecular flexibility index (Phi) is 4.62. The van der Waals surface area contributed by atoms with Gasteiger partial charge >= 0.3 is 0 Å². The van der Waals surface area contributed by atoms with Crippen LogP contribution in [0, 0.1) is 5.92 Å². The molecule has 0 aliphatic heterocycles. The van der Waals surface area contributed by atoms with Crippen molar-refractivity contribution >= 4 is 0 Å². The Hall–Kier alpha value is -0.980. The topological polar surface area (TPSA) is 9.23 Å². The van der Waals surface area contributed by atoms with Crippen LogP contribution in [0.5, 0.6) is 5.75 Å². The van der Waals surface area contributed by atoms with E-state index in [2.05, 4.69) is 65.8 Å². The lowest BCUT2D eigenvalue weighted by Crippen LogP contribution is -2.26. The minimum Gasteiger partial charge on any atom is -0.488 e. The van der Waals surface area contributed by atoms with Crippen molar-refractivity contribution in [1.29, 1.82) is 0 Å². The molecule has 1 rings (SSSR count). The zero-order valence-corrected chi connectivity index (χ0v) is 12.1. The first-order valence-electron chi connectivity index (χ1n) is 6.64. The van der Waals surface area contributed by atoms with Gasteiger partial charge in [-0.1, -0.05) is 39.8 Å². The first kappa shape index (κ1) is 14.1. The highest BCUT2D eigenvalue weighted by atomic mass is 16.5. The van der Waals surface area contributed by atoms with E-state index in [1.807, 2.05) is 0 Å². The molecule has 0 N–H and O–H groups in total. The smallest absolute Gasteiger partial charge is 0.120 e. The molecule has 0 heterocycles. The average Bonchev–Trinajstić information content (AvgIpc) is 2.28. The van der Waals surface area contributed by atoms with Gasteiger partial charge in [0, 0.05) is 0 Å². The van der Waals surface area contributed by atoms with Gasteiger partial charge < -0.3 is 4.74 Å². The number of hydrogen-bond donors (Lipinski definition) is 0. The van der Waals surface area contributed by atoms with Crippen molar-refractivity contribution in [2.24, 2.45) is 5.92 Å². The largest absolute Gasteiger partial charge is 0.488 e. The molecule has 0 aliphatic rings. The van der Waals surface area contributed by atoms with E-state index in [0.717, 1.165) is 12.2 Å². The van der Waals surface area contributed by atoms with Gasteiger partial charge in [-0.3, -0.25) is 0 Å². The highest BCUT2D eigenvalue weighted by Crippen LogP contribution is 2.27. The fourth-order valence-corrected chi connectivity index (χ4v) is 1.62. The lowest BCUT2D eigenvalue weighted by Gasteiger charge is -2.25. The summed E-state index contributed by atoms with van der Waals surface area (Å²) in [7, 11) is 0. The molecular formula is C16H26O. The van der Waals surface area contributed by atoms with Crippen LogP contribution in [0.15, 0.2) is 24.3 Å². The third-order valence-corrected chi connectivity index (χ3v) is 3.65. The lowest BCUT2D eigenvalue weighted by molar-refractivity contribution is 0.105. The van der Waals surface area contributed by atoms with Gasteiger partial charge in [0.1, 0.15) is 11.4 Å². The van der Waals surface area contributed by atoms with Crippen molar-refractivity contribution in [3.63, 3.8) is 0 Å². The van der Waals surface area contributed by atoms with Gasteiger partial charge in [0.15, 0.2) is 0 Å². The van der Waals surface area contributed by atoms with E-state index < -0.39 is 0 Å². The Morgan fingerprint density at radius 2 is 1.59 bits per heavy atom. The van der Waals surface area contributed by atoms with E-state index in [0.29, 0.717) is 11.8 Å². The zero-order valence-electron chi connectivity index (χ0n) is 12.1. The molecule has 0 saturated carbocycles. The quantitative estimate of drug-likeness (QED) is 0.695. The summed E-state index contributed by atoms with van der Waals surface area (Å²) in [5.41, 5.74) is 1.31. The molecule has 0 bridgehead atoms. The first-order valence-corrected chi connectivity index (χ1v) is 6.64. The van der Waals surface area contributed by atoms with E-state index in [1.165, 1.54) is 5.56 Å². The van der Waals surface area contributed by atoms with Crippen LogP contribution in [0.25, 0.3) is 0 Å². The van der Waals surface area contributed by atoms with Crippen LogP contribution in [0.2, 0.25) is 0 Å². The number of rotatable bonds is 5.